The smallest absolute Gasteiger partial charge is 0.305 e. The van der Waals surface area contributed by atoms with Crippen molar-refractivity contribution in [3.63, 3.8) is 0 Å². The number of rotatable bonds is 5. The summed E-state index contributed by atoms with van der Waals surface area (Å²) in [5, 5.41) is 0. The molecule has 0 atom stereocenters. The number of sulfonamides is 1. The molecule has 132 valence electrons. The third kappa shape index (κ3) is 4.55. The second-order valence-electron chi connectivity index (χ2n) is 5.58. The highest BCUT2D eigenvalue weighted by Crippen LogP contribution is 2.24. The largest absolute Gasteiger partial charge is 0.421 e. The second kappa shape index (κ2) is 7.76. The Bertz CT molecular complexity index is 676. The lowest BCUT2D eigenvalue weighted by Crippen LogP contribution is -2.35. The summed E-state index contributed by atoms with van der Waals surface area (Å²) in [6, 6.07) is 5.82. The highest BCUT2D eigenvalue weighted by Gasteiger charge is 2.26. The molecule has 1 aliphatic rings. The van der Waals surface area contributed by atoms with E-state index in [-0.39, 0.29) is 4.90 Å². The second-order valence-corrected chi connectivity index (χ2v) is 7.52. The molecule has 1 saturated heterocycles. The third-order valence-corrected chi connectivity index (χ3v) is 5.56. The molecule has 0 amide bonds. The average Bonchev–Trinajstić information content (AvgIpc) is 2.54. The summed E-state index contributed by atoms with van der Waals surface area (Å²) >= 11 is 0. The van der Waals surface area contributed by atoms with Gasteiger partial charge in [-0.3, -0.25) is 9.59 Å². The zero-order valence-electron chi connectivity index (χ0n) is 13.7. The van der Waals surface area contributed by atoms with Crippen LogP contribution in [0.25, 0.3) is 0 Å². The van der Waals surface area contributed by atoms with Gasteiger partial charge in [-0.2, -0.15) is 4.31 Å². The molecule has 1 aromatic carbocycles. The molecule has 24 heavy (non-hydrogen) atoms. The molecule has 0 aromatic heterocycles. The Hall–Kier alpha value is -1.93. The van der Waals surface area contributed by atoms with Crippen LogP contribution in [0.5, 0.6) is 0 Å². The van der Waals surface area contributed by atoms with E-state index in [1.165, 1.54) is 42.4 Å². The lowest BCUT2D eigenvalue weighted by molar-refractivity contribution is -0.186. The van der Waals surface area contributed by atoms with E-state index < -0.39 is 28.3 Å². The first-order chi connectivity index (χ1) is 11.3. The highest BCUT2D eigenvalue weighted by atomic mass is 32.2. The van der Waals surface area contributed by atoms with E-state index in [0.717, 1.165) is 19.3 Å². The zero-order chi connectivity index (χ0) is 17.7. The number of hydrogen-bond donors (Lipinski definition) is 0. The average molecular weight is 355 g/mol. The Morgan fingerprint density at radius 1 is 0.958 bits per heavy atom. The Morgan fingerprint density at radius 2 is 1.46 bits per heavy atom. The summed E-state index contributed by atoms with van der Waals surface area (Å²) in [5.41, 5.74) is 0.387. The molecule has 2 rings (SSSR count). The molecule has 0 spiro atoms. The molecule has 0 saturated carbocycles. The number of esters is 2. The van der Waals surface area contributed by atoms with Gasteiger partial charge < -0.3 is 9.47 Å². The molecule has 1 heterocycles. The molecule has 1 aromatic rings. The number of ether oxygens (including phenoxy) is 2. The molecule has 8 heteroatoms. The highest BCUT2D eigenvalue weighted by molar-refractivity contribution is 7.89. The van der Waals surface area contributed by atoms with Gasteiger partial charge in [-0.25, -0.2) is 8.42 Å². The fourth-order valence-electron chi connectivity index (χ4n) is 2.51. The number of benzene rings is 1. The Kier molecular flexibility index (Phi) is 5.95. The third-order valence-electron chi connectivity index (χ3n) is 3.65. The minimum Gasteiger partial charge on any atom is -0.421 e. The van der Waals surface area contributed by atoms with Crippen LogP contribution in [0.3, 0.4) is 0 Å². The van der Waals surface area contributed by atoms with Crippen molar-refractivity contribution in [1.82, 2.24) is 4.31 Å². The fraction of sp³-hybridized carbons (Fsp3) is 0.500. The summed E-state index contributed by atoms with van der Waals surface area (Å²) in [6.45, 7) is 3.44. The molecular weight excluding hydrogens is 334 g/mol. The van der Waals surface area contributed by atoms with Crippen LogP contribution < -0.4 is 0 Å². The molecule has 1 fully saturated rings. The normalized spacial score (nSPS) is 16.0. The Morgan fingerprint density at radius 3 is 1.92 bits per heavy atom. The van der Waals surface area contributed by atoms with Gasteiger partial charge in [0, 0.05) is 32.5 Å². The van der Waals surface area contributed by atoms with Crippen molar-refractivity contribution in [2.24, 2.45) is 0 Å². The van der Waals surface area contributed by atoms with Crippen molar-refractivity contribution in [2.75, 3.05) is 13.1 Å². The maximum atomic E-state index is 12.6. The first kappa shape index (κ1) is 18.4. The quantitative estimate of drug-likeness (QED) is 0.593. The fourth-order valence-corrected chi connectivity index (χ4v) is 4.03. The van der Waals surface area contributed by atoms with Gasteiger partial charge in [0.25, 0.3) is 6.29 Å². The van der Waals surface area contributed by atoms with Crippen LogP contribution in [0.1, 0.15) is 45.0 Å². The first-order valence-electron chi connectivity index (χ1n) is 7.75. The van der Waals surface area contributed by atoms with E-state index in [0.29, 0.717) is 18.7 Å². The number of piperidine rings is 1. The van der Waals surface area contributed by atoms with Crippen molar-refractivity contribution in [1.29, 1.82) is 0 Å². The van der Waals surface area contributed by atoms with Crippen LogP contribution in [-0.2, 0) is 29.1 Å². The van der Waals surface area contributed by atoms with Gasteiger partial charge in [-0.1, -0.05) is 18.6 Å². The molecule has 0 N–H and O–H groups in total. The van der Waals surface area contributed by atoms with E-state index >= 15 is 0 Å². The molecule has 0 bridgehead atoms. The van der Waals surface area contributed by atoms with Crippen LogP contribution in [0.2, 0.25) is 0 Å². The van der Waals surface area contributed by atoms with Crippen LogP contribution in [0.4, 0.5) is 0 Å². The van der Waals surface area contributed by atoms with Gasteiger partial charge in [0.2, 0.25) is 10.0 Å². The van der Waals surface area contributed by atoms with E-state index in [9.17, 15) is 18.0 Å². The van der Waals surface area contributed by atoms with Crippen molar-refractivity contribution >= 4 is 22.0 Å². The zero-order valence-corrected chi connectivity index (χ0v) is 14.5. The topological polar surface area (TPSA) is 90.0 Å². The summed E-state index contributed by atoms with van der Waals surface area (Å²) in [5.74, 6) is -1.21. The van der Waals surface area contributed by atoms with Crippen molar-refractivity contribution in [2.45, 2.75) is 44.3 Å². The SMILES string of the molecule is CC(=O)OC(OC(C)=O)c1ccc(S(=O)(=O)N2CCCCC2)cc1. The van der Waals surface area contributed by atoms with E-state index in [1.807, 2.05) is 0 Å². The standard InChI is InChI=1S/C16H21NO6S/c1-12(18)22-16(23-13(2)19)14-6-8-15(9-7-14)24(20,21)17-10-4-3-5-11-17/h6-9,16H,3-5,10-11H2,1-2H3. The van der Waals surface area contributed by atoms with E-state index in [1.54, 1.807) is 0 Å². The predicted octanol–water partition coefficient (Wildman–Crippen LogP) is 1.99. The maximum absolute atomic E-state index is 12.6. The summed E-state index contributed by atoms with van der Waals surface area (Å²) in [7, 11) is -3.53. The predicted molar refractivity (Wildman–Crippen MR) is 85.3 cm³/mol. The van der Waals surface area contributed by atoms with Gasteiger partial charge in [-0.15, -0.1) is 0 Å². The minimum absolute atomic E-state index is 0.164. The Labute approximate surface area is 141 Å². The minimum atomic E-state index is -3.53. The monoisotopic (exact) mass is 355 g/mol. The van der Waals surface area contributed by atoms with Crippen molar-refractivity contribution in [3.8, 4) is 0 Å². The molecule has 7 nitrogen and oxygen atoms in total. The van der Waals surface area contributed by atoms with Gasteiger partial charge >= 0.3 is 11.9 Å². The van der Waals surface area contributed by atoms with Crippen LogP contribution in [-0.4, -0.2) is 37.8 Å². The summed E-state index contributed by atoms with van der Waals surface area (Å²) in [4.78, 5) is 22.4. The van der Waals surface area contributed by atoms with E-state index in [2.05, 4.69) is 0 Å². The number of hydrogen-bond acceptors (Lipinski definition) is 6. The maximum Gasteiger partial charge on any atom is 0.305 e. The van der Waals surface area contributed by atoms with Gasteiger partial charge in [0.1, 0.15) is 0 Å². The van der Waals surface area contributed by atoms with Gasteiger partial charge in [0.15, 0.2) is 0 Å². The number of carbonyl (C=O) groups excluding carboxylic acids is 2. The van der Waals surface area contributed by atoms with E-state index in [4.69, 9.17) is 9.47 Å². The van der Waals surface area contributed by atoms with Crippen LogP contribution in [0, 0.1) is 0 Å². The molecule has 0 radical (unpaired) electrons. The van der Waals surface area contributed by atoms with Crippen molar-refractivity contribution in [3.05, 3.63) is 29.8 Å². The number of carbonyl (C=O) groups is 2. The molecule has 1 aliphatic heterocycles. The van der Waals surface area contributed by atoms with Crippen LogP contribution in [0.15, 0.2) is 29.2 Å². The summed E-state index contributed by atoms with van der Waals surface area (Å²) < 4.78 is 36.5. The van der Waals surface area contributed by atoms with Gasteiger partial charge in [-0.05, 0) is 25.0 Å². The molecular formula is C16H21NO6S. The molecule has 0 aliphatic carbocycles. The van der Waals surface area contributed by atoms with Gasteiger partial charge in [0.05, 0.1) is 4.90 Å². The molecule has 0 unspecified atom stereocenters. The Balaban J connectivity index is 2.21. The number of nitrogens with zero attached hydrogens (tertiary/aromatic N) is 1. The van der Waals surface area contributed by atoms with Crippen LogP contribution >= 0.6 is 0 Å². The first-order valence-corrected chi connectivity index (χ1v) is 9.19. The summed E-state index contributed by atoms with van der Waals surface area (Å²) in [6.07, 6.45) is 1.57. The van der Waals surface area contributed by atoms with Crippen molar-refractivity contribution < 1.29 is 27.5 Å². The lowest BCUT2D eigenvalue weighted by Gasteiger charge is -2.26. The lowest BCUT2D eigenvalue weighted by atomic mass is 10.2.